The third kappa shape index (κ3) is 4.03. The van der Waals surface area contributed by atoms with Gasteiger partial charge < -0.3 is 4.90 Å². The number of hydrogen-bond donors (Lipinski definition) is 0. The lowest BCUT2D eigenvalue weighted by Crippen LogP contribution is -2.51. The van der Waals surface area contributed by atoms with E-state index < -0.39 is 27.7 Å². The van der Waals surface area contributed by atoms with E-state index in [1.54, 1.807) is 4.90 Å². The molecule has 1 saturated heterocycles. The molecule has 0 aromatic heterocycles. The third-order valence-corrected chi connectivity index (χ3v) is 5.43. The summed E-state index contributed by atoms with van der Waals surface area (Å²) in [5.41, 5.74) is -0.0673. The lowest BCUT2D eigenvalue weighted by molar-refractivity contribution is -0.133. The third-order valence-electron chi connectivity index (χ3n) is 4.19. The van der Waals surface area contributed by atoms with E-state index >= 15 is 0 Å². The highest BCUT2D eigenvalue weighted by atomic mass is 32.2. The molecule has 1 amide bonds. The summed E-state index contributed by atoms with van der Waals surface area (Å²) in [5.74, 6) is -2.22. The quantitative estimate of drug-likeness (QED) is 0.828. The maximum atomic E-state index is 13.5. The molecule has 2 atom stereocenters. The van der Waals surface area contributed by atoms with Gasteiger partial charge in [0, 0.05) is 19.2 Å². The van der Waals surface area contributed by atoms with Crippen LogP contribution in [0.25, 0.3) is 0 Å². The Hall–Kier alpha value is -1.70. The Morgan fingerprint density at radius 2 is 2.00 bits per heavy atom. The number of rotatable bonds is 4. The summed E-state index contributed by atoms with van der Waals surface area (Å²) in [6.45, 7) is 4.64. The fourth-order valence-electron chi connectivity index (χ4n) is 3.08. The maximum absolute atomic E-state index is 13.5. The average molecular weight is 360 g/mol. The van der Waals surface area contributed by atoms with Crippen molar-refractivity contribution in [3.8, 4) is 0 Å². The van der Waals surface area contributed by atoms with Crippen molar-refractivity contribution in [2.24, 2.45) is 5.92 Å². The lowest BCUT2D eigenvalue weighted by Gasteiger charge is -2.36. The van der Waals surface area contributed by atoms with Crippen molar-refractivity contribution in [3.63, 3.8) is 0 Å². The largest absolute Gasteiger partial charge is 0.341 e. The number of piperidine rings is 1. The van der Waals surface area contributed by atoms with Gasteiger partial charge in [-0.25, -0.2) is 17.2 Å². The summed E-state index contributed by atoms with van der Waals surface area (Å²) in [6.07, 6.45) is 2.83. The Bertz CT molecular complexity index is 724. The highest BCUT2D eigenvalue weighted by molar-refractivity contribution is 7.92. The van der Waals surface area contributed by atoms with Gasteiger partial charge in [-0.2, -0.15) is 0 Å². The Labute approximate surface area is 141 Å². The monoisotopic (exact) mass is 360 g/mol. The van der Waals surface area contributed by atoms with Crippen molar-refractivity contribution in [2.75, 3.05) is 23.7 Å². The average Bonchev–Trinajstić information content (AvgIpc) is 2.48. The van der Waals surface area contributed by atoms with Crippen molar-refractivity contribution in [3.05, 3.63) is 29.8 Å². The topological polar surface area (TPSA) is 57.7 Å². The molecular formula is C16H22F2N2O3S. The van der Waals surface area contributed by atoms with Crippen LogP contribution in [0.2, 0.25) is 0 Å². The minimum atomic E-state index is -3.85. The minimum Gasteiger partial charge on any atom is -0.341 e. The molecule has 24 heavy (non-hydrogen) atoms. The van der Waals surface area contributed by atoms with Crippen molar-refractivity contribution < 1.29 is 22.0 Å². The molecule has 0 saturated carbocycles. The number of anilines is 1. The van der Waals surface area contributed by atoms with Gasteiger partial charge in [-0.15, -0.1) is 0 Å². The van der Waals surface area contributed by atoms with E-state index in [1.165, 1.54) is 6.92 Å². The van der Waals surface area contributed by atoms with E-state index in [0.29, 0.717) is 19.0 Å². The van der Waals surface area contributed by atoms with Crippen LogP contribution in [-0.2, 0) is 14.8 Å². The zero-order valence-corrected chi connectivity index (χ0v) is 14.8. The first kappa shape index (κ1) is 18.6. The van der Waals surface area contributed by atoms with Gasteiger partial charge >= 0.3 is 0 Å². The van der Waals surface area contributed by atoms with Crippen LogP contribution in [0.3, 0.4) is 0 Å². The van der Waals surface area contributed by atoms with Crippen LogP contribution in [0.5, 0.6) is 0 Å². The molecule has 0 bridgehead atoms. The molecule has 2 rings (SSSR count). The summed E-state index contributed by atoms with van der Waals surface area (Å²) in [7, 11) is -3.85. The van der Waals surface area contributed by atoms with Crippen LogP contribution in [0.15, 0.2) is 18.2 Å². The Kier molecular flexibility index (Phi) is 5.47. The number of hydrogen-bond acceptors (Lipinski definition) is 3. The molecule has 8 heteroatoms. The van der Waals surface area contributed by atoms with Crippen molar-refractivity contribution >= 4 is 21.6 Å². The van der Waals surface area contributed by atoms with Crippen LogP contribution in [0.4, 0.5) is 14.5 Å². The summed E-state index contributed by atoms with van der Waals surface area (Å²) in [4.78, 5) is 14.3. The molecule has 0 aliphatic carbocycles. The standard InChI is InChI=1S/C16H22F2N2O3S/c1-11-5-4-8-19(10-11)16(21)12(2)20(24(3,22)23)13-6-7-14(17)15(18)9-13/h6-7,9,11-12H,4-5,8,10H2,1-3H3. The van der Waals surface area contributed by atoms with Gasteiger partial charge in [0.25, 0.3) is 0 Å². The first-order chi connectivity index (χ1) is 11.1. The molecule has 0 spiro atoms. The molecule has 1 aromatic carbocycles. The second-order valence-corrected chi connectivity index (χ2v) is 8.22. The predicted octanol–water partition coefficient (Wildman–Crippen LogP) is 2.38. The summed E-state index contributed by atoms with van der Waals surface area (Å²) >= 11 is 0. The van der Waals surface area contributed by atoms with Crippen molar-refractivity contribution in [1.29, 1.82) is 0 Å². The van der Waals surface area contributed by atoms with Crippen LogP contribution < -0.4 is 4.31 Å². The number of nitrogens with zero attached hydrogens (tertiary/aromatic N) is 2. The van der Waals surface area contributed by atoms with Gasteiger partial charge in [-0.1, -0.05) is 6.92 Å². The summed E-state index contributed by atoms with van der Waals surface area (Å²) in [5, 5.41) is 0. The Balaban J connectivity index is 2.33. The number of benzene rings is 1. The molecule has 1 aliphatic rings. The zero-order chi connectivity index (χ0) is 18.1. The number of amides is 1. The van der Waals surface area contributed by atoms with Crippen LogP contribution in [0.1, 0.15) is 26.7 Å². The molecule has 134 valence electrons. The number of halogens is 2. The fourth-order valence-corrected chi connectivity index (χ4v) is 4.24. The van der Waals surface area contributed by atoms with E-state index in [-0.39, 0.29) is 11.6 Å². The second-order valence-electron chi connectivity index (χ2n) is 6.36. The highest BCUT2D eigenvalue weighted by Crippen LogP contribution is 2.25. The Morgan fingerprint density at radius 1 is 1.33 bits per heavy atom. The van der Waals surface area contributed by atoms with Gasteiger partial charge in [0.2, 0.25) is 15.9 Å². The lowest BCUT2D eigenvalue weighted by atomic mass is 10.00. The molecule has 1 aliphatic heterocycles. The smallest absolute Gasteiger partial charge is 0.246 e. The van der Waals surface area contributed by atoms with E-state index in [2.05, 4.69) is 0 Å². The van der Waals surface area contributed by atoms with Gasteiger partial charge in [0.15, 0.2) is 11.6 Å². The molecule has 5 nitrogen and oxygen atoms in total. The number of carbonyl (C=O) groups is 1. The van der Waals surface area contributed by atoms with E-state index in [0.717, 1.165) is 41.6 Å². The van der Waals surface area contributed by atoms with Crippen LogP contribution in [-0.4, -0.2) is 44.6 Å². The summed E-state index contributed by atoms with van der Waals surface area (Å²) in [6, 6.07) is 1.76. The number of likely N-dealkylation sites (tertiary alicyclic amines) is 1. The number of sulfonamides is 1. The van der Waals surface area contributed by atoms with Crippen LogP contribution in [0, 0.1) is 17.6 Å². The zero-order valence-electron chi connectivity index (χ0n) is 14.0. The SMILES string of the molecule is CC1CCCN(C(=O)C(C)N(c2ccc(F)c(F)c2)S(C)(=O)=O)C1. The van der Waals surface area contributed by atoms with Crippen LogP contribution >= 0.6 is 0 Å². The first-order valence-corrected chi connectivity index (χ1v) is 9.69. The van der Waals surface area contributed by atoms with E-state index in [9.17, 15) is 22.0 Å². The highest BCUT2D eigenvalue weighted by Gasteiger charge is 2.33. The molecule has 0 N–H and O–H groups in total. The molecule has 0 radical (unpaired) electrons. The number of carbonyl (C=O) groups excluding carboxylic acids is 1. The van der Waals surface area contributed by atoms with Crippen molar-refractivity contribution in [2.45, 2.75) is 32.7 Å². The minimum absolute atomic E-state index is 0.0673. The fraction of sp³-hybridized carbons (Fsp3) is 0.562. The molecule has 1 fully saturated rings. The molecule has 1 aromatic rings. The maximum Gasteiger partial charge on any atom is 0.246 e. The second kappa shape index (κ2) is 7.04. The molecule has 1 heterocycles. The molecule has 2 unspecified atom stereocenters. The van der Waals surface area contributed by atoms with E-state index in [4.69, 9.17) is 0 Å². The predicted molar refractivity (Wildman–Crippen MR) is 88.1 cm³/mol. The normalized spacial score (nSPS) is 19.9. The Morgan fingerprint density at radius 3 is 2.54 bits per heavy atom. The molecular weight excluding hydrogens is 338 g/mol. The first-order valence-electron chi connectivity index (χ1n) is 7.84. The van der Waals surface area contributed by atoms with Crippen molar-refractivity contribution in [1.82, 2.24) is 4.90 Å². The van der Waals surface area contributed by atoms with Gasteiger partial charge in [0.05, 0.1) is 11.9 Å². The van der Waals surface area contributed by atoms with Gasteiger partial charge in [0.1, 0.15) is 6.04 Å². The van der Waals surface area contributed by atoms with Gasteiger partial charge in [-0.05, 0) is 37.8 Å². The van der Waals surface area contributed by atoms with E-state index in [1.807, 2.05) is 6.92 Å². The van der Waals surface area contributed by atoms with Gasteiger partial charge in [-0.3, -0.25) is 9.10 Å². The summed E-state index contributed by atoms with van der Waals surface area (Å²) < 4.78 is 51.8.